The highest BCUT2D eigenvalue weighted by Gasteiger charge is 2.13. The second-order valence-corrected chi connectivity index (χ2v) is 5.38. The molecule has 0 spiro atoms. The van der Waals surface area contributed by atoms with E-state index < -0.39 is 0 Å². The van der Waals surface area contributed by atoms with Crippen LogP contribution in [0.1, 0.15) is 19.4 Å². The van der Waals surface area contributed by atoms with Gasteiger partial charge in [-0.3, -0.25) is 10.00 Å². The Kier molecular flexibility index (Phi) is 5.33. The Balaban J connectivity index is 2.25. The van der Waals surface area contributed by atoms with Gasteiger partial charge in [0, 0.05) is 24.2 Å². The first kappa shape index (κ1) is 16.2. The number of halogens is 1. The fourth-order valence-electron chi connectivity index (χ4n) is 2.40. The molecule has 118 valence electrons. The Hall–Kier alpha value is -2.14. The molecule has 0 fully saturated rings. The van der Waals surface area contributed by atoms with Crippen molar-refractivity contribution in [3.05, 3.63) is 47.9 Å². The Bertz CT molecular complexity index is 651. The number of rotatable bonds is 7. The topological polar surface area (TPSA) is 41.2 Å². The van der Waals surface area contributed by atoms with Crippen molar-refractivity contribution < 1.29 is 9.13 Å². The summed E-state index contributed by atoms with van der Waals surface area (Å²) in [7, 11) is 1.45. The number of hydrogen-bond donors (Lipinski definition) is 1. The molecule has 0 radical (unpaired) electrons. The number of methoxy groups -OCH3 is 1. The van der Waals surface area contributed by atoms with Gasteiger partial charge in [-0.15, -0.1) is 0 Å². The summed E-state index contributed by atoms with van der Waals surface area (Å²) >= 11 is 0. The number of H-pyrrole nitrogens is 1. The van der Waals surface area contributed by atoms with E-state index in [-0.39, 0.29) is 11.6 Å². The van der Waals surface area contributed by atoms with Gasteiger partial charge in [0.05, 0.1) is 19.0 Å². The third-order valence-electron chi connectivity index (χ3n) is 3.49. The predicted octanol–water partition coefficient (Wildman–Crippen LogP) is 3.62. The van der Waals surface area contributed by atoms with Crippen LogP contribution in [-0.4, -0.2) is 35.3 Å². The average Bonchev–Trinajstić information content (AvgIpc) is 2.94. The molecular weight excluding hydrogens is 281 g/mol. The van der Waals surface area contributed by atoms with Crippen LogP contribution in [-0.2, 0) is 6.54 Å². The number of ether oxygens (including phenoxy) is 1. The molecule has 0 amide bonds. The summed E-state index contributed by atoms with van der Waals surface area (Å²) in [5, 5.41) is 7.07. The van der Waals surface area contributed by atoms with Gasteiger partial charge < -0.3 is 4.74 Å². The lowest BCUT2D eigenvalue weighted by Gasteiger charge is -2.20. The van der Waals surface area contributed by atoms with E-state index in [1.54, 1.807) is 12.3 Å². The number of nitrogens with one attached hydrogen (secondary N) is 1. The normalized spacial score (nSPS) is 11.0. The summed E-state index contributed by atoms with van der Waals surface area (Å²) < 4.78 is 18.8. The van der Waals surface area contributed by atoms with Crippen molar-refractivity contribution in [1.29, 1.82) is 0 Å². The monoisotopic (exact) mass is 303 g/mol. The minimum atomic E-state index is -0.380. The summed E-state index contributed by atoms with van der Waals surface area (Å²) in [5.74, 6) is -0.142. The molecule has 0 bridgehead atoms. The van der Waals surface area contributed by atoms with Gasteiger partial charge >= 0.3 is 0 Å². The lowest BCUT2D eigenvalue weighted by atomic mass is 10.1. The standard InChI is InChI=1S/C17H22FN3O/c1-5-21(10-12(2)3)11-14-9-19-20-17(14)13-6-7-16(22-4)15(18)8-13/h6-9H,2,5,10-11H2,1,3-4H3,(H,19,20). The zero-order valence-electron chi connectivity index (χ0n) is 13.3. The molecule has 0 aliphatic carbocycles. The molecule has 0 saturated heterocycles. The van der Waals surface area contributed by atoms with E-state index in [9.17, 15) is 4.39 Å². The molecule has 0 unspecified atom stereocenters. The molecule has 0 aliphatic heterocycles. The maximum absolute atomic E-state index is 13.9. The van der Waals surface area contributed by atoms with Crippen LogP contribution in [0.5, 0.6) is 5.75 Å². The fourth-order valence-corrected chi connectivity index (χ4v) is 2.40. The zero-order valence-corrected chi connectivity index (χ0v) is 13.3. The van der Waals surface area contributed by atoms with Crippen LogP contribution in [0.3, 0.4) is 0 Å². The van der Waals surface area contributed by atoms with E-state index in [4.69, 9.17) is 4.74 Å². The number of nitrogens with zero attached hydrogens (tertiary/aromatic N) is 2. The lowest BCUT2D eigenvalue weighted by molar-refractivity contribution is 0.305. The molecule has 5 heteroatoms. The average molecular weight is 303 g/mol. The minimum absolute atomic E-state index is 0.238. The van der Waals surface area contributed by atoms with Gasteiger partial charge in [0.1, 0.15) is 0 Å². The van der Waals surface area contributed by atoms with Crippen LogP contribution in [0, 0.1) is 5.82 Å². The molecular formula is C17H22FN3O. The summed E-state index contributed by atoms with van der Waals surface area (Å²) in [5.41, 5.74) is 3.74. The minimum Gasteiger partial charge on any atom is -0.494 e. The Labute approximate surface area is 130 Å². The predicted molar refractivity (Wildman–Crippen MR) is 86.3 cm³/mol. The van der Waals surface area contributed by atoms with Crippen LogP contribution in [0.25, 0.3) is 11.3 Å². The number of aromatic nitrogens is 2. The first-order valence-corrected chi connectivity index (χ1v) is 7.28. The van der Waals surface area contributed by atoms with E-state index in [0.717, 1.165) is 42.0 Å². The maximum atomic E-state index is 13.9. The van der Waals surface area contributed by atoms with E-state index in [0.29, 0.717) is 0 Å². The molecule has 2 rings (SSSR count). The number of likely N-dealkylation sites (N-methyl/N-ethyl adjacent to an activating group) is 1. The van der Waals surface area contributed by atoms with Crippen LogP contribution in [0.2, 0.25) is 0 Å². The lowest BCUT2D eigenvalue weighted by Crippen LogP contribution is -2.24. The van der Waals surface area contributed by atoms with E-state index in [1.165, 1.54) is 13.2 Å². The van der Waals surface area contributed by atoms with Crippen molar-refractivity contribution in [2.45, 2.75) is 20.4 Å². The molecule has 22 heavy (non-hydrogen) atoms. The van der Waals surface area contributed by atoms with Gasteiger partial charge in [-0.2, -0.15) is 5.10 Å². The summed E-state index contributed by atoms with van der Waals surface area (Å²) in [4.78, 5) is 2.26. The molecule has 1 heterocycles. The number of aromatic amines is 1. The SMILES string of the molecule is C=C(C)CN(CC)Cc1cn[nH]c1-c1ccc(OC)c(F)c1. The number of benzene rings is 1. The highest BCUT2D eigenvalue weighted by atomic mass is 19.1. The van der Waals surface area contributed by atoms with Gasteiger partial charge in [0.15, 0.2) is 11.6 Å². The van der Waals surface area contributed by atoms with Gasteiger partial charge in [0.25, 0.3) is 0 Å². The molecule has 0 saturated carbocycles. The Morgan fingerprint density at radius 1 is 1.45 bits per heavy atom. The maximum Gasteiger partial charge on any atom is 0.165 e. The summed E-state index contributed by atoms with van der Waals surface area (Å²) in [6, 6.07) is 4.92. The van der Waals surface area contributed by atoms with Crippen LogP contribution in [0.15, 0.2) is 36.5 Å². The van der Waals surface area contributed by atoms with E-state index in [1.807, 2.05) is 13.0 Å². The first-order valence-electron chi connectivity index (χ1n) is 7.28. The molecule has 0 aliphatic rings. The number of hydrogen-bond acceptors (Lipinski definition) is 3. The second kappa shape index (κ2) is 7.22. The molecule has 4 nitrogen and oxygen atoms in total. The molecule has 1 N–H and O–H groups in total. The summed E-state index contributed by atoms with van der Waals surface area (Å²) in [6.07, 6.45) is 1.79. The van der Waals surface area contributed by atoms with Crippen LogP contribution < -0.4 is 4.74 Å². The van der Waals surface area contributed by atoms with Gasteiger partial charge in [-0.05, 0) is 31.7 Å². The van der Waals surface area contributed by atoms with Gasteiger partial charge in [-0.1, -0.05) is 19.1 Å². The van der Waals surface area contributed by atoms with Crippen molar-refractivity contribution in [3.63, 3.8) is 0 Å². The Morgan fingerprint density at radius 2 is 2.23 bits per heavy atom. The first-order chi connectivity index (χ1) is 10.5. The van der Waals surface area contributed by atoms with Crippen LogP contribution in [0.4, 0.5) is 4.39 Å². The third kappa shape index (κ3) is 3.74. The van der Waals surface area contributed by atoms with Crippen molar-refractivity contribution in [3.8, 4) is 17.0 Å². The Morgan fingerprint density at radius 3 is 2.82 bits per heavy atom. The highest BCUT2D eigenvalue weighted by molar-refractivity contribution is 5.63. The second-order valence-electron chi connectivity index (χ2n) is 5.38. The van der Waals surface area contributed by atoms with Crippen molar-refractivity contribution >= 4 is 0 Å². The van der Waals surface area contributed by atoms with Crippen molar-refractivity contribution in [2.75, 3.05) is 20.2 Å². The third-order valence-corrected chi connectivity index (χ3v) is 3.49. The van der Waals surface area contributed by atoms with E-state index >= 15 is 0 Å². The summed E-state index contributed by atoms with van der Waals surface area (Å²) in [6.45, 7) is 10.6. The van der Waals surface area contributed by atoms with Crippen molar-refractivity contribution in [2.24, 2.45) is 0 Å². The molecule has 2 aromatic rings. The quantitative estimate of drug-likeness (QED) is 0.794. The molecule has 1 aromatic carbocycles. The molecule has 1 aromatic heterocycles. The van der Waals surface area contributed by atoms with Crippen molar-refractivity contribution in [1.82, 2.24) is 15.1 Å². The zero-order chi connectivity index (χ0) is 16.1. The largest absolute Gasteiger partial charge is 0.494 e. The van der Waals surface area contributed by atoms with Crippen LogP contribution >= 0.6 is 0 Å². The van der Waals surface area contributed by atoms with Gasteiger partial charge in [-0.25, -0.2) is 4.39 Å². The molecule has 0 atom stereocenters. The van der Waals surface area contributed by atoms with E-state index in [2.05, 4.69) is 28.6 Å². The smallest absolute Gasteiger partial charge is 0.165 e. The highest BCUT2D eigenvalue weighted by Crippen LogP contribution is 2.27. The van der Waals surface area contributed by atoms with Gasteiger partial charge in [0.2, 0.25) is 0 Å². The fraction of sp³-hybridized carbons (Fsp3) is 0.353.